The fourth-order valence-corrected chi connectivity index (χ4v) is 3.28. The van der Waals surface area contributed by atoms with Gasteiger partial charge in [-0.3, -0.25) is 4.90 Å². The van der Waals surface area contributed by atoms with E-state index >= 15 is 0 Å². The lowest BCUT2D eigenvalue weighted by Crippen LogP contribution is -2.41. The smallest absolute Gasteiger partial charge is 0.410 e. The van der Waals surface area contributed by atoms with Crippen molar-refractivity contribution < 1.29 is 9.53 Å². The van der Waals surface area contributed by atoms with Gasteiger partial charge in [0, 0.05) is 16.6 Å². The Labute approximate surface area is 105 Å². The molecule has 4 rings (SSSR count). The molecule has 0 aliphatic carbocycles. The number of aromatic amines is 1. The van der Waals surface area contributed by atoms with Crippen LogP contribution in [0, 0.1) is 0 Å². The van der Waals surface area contributed by atoms with E-state index in [1.54, 1.807) is 0 Å². The molecule has 1 aromatic heterocycles. The summed E-state index contributed by atoms with van der Waals surface area (Å²) < 4.78 is 5.16. The first-order chi connectivity index (χ1) is 8.75. The molecule has 0 saturated carbocycles. The number of ether oxygens (including phenoxy) is 1. The Hall–Kier alpha value is -1.97. The number of benzene rings is 1. The number of aromatic nitrogens is 1. The molecule has 18 heavy (non-hydrogen) atoms. The van der Waals surface area contributed by atoms with E-state index in [4.69, 9.17) is 4.74 Å². The van der Waals surface area contributed by atoms with Crippen LogP contribution < -0.4 is 0 Å². The van der Waals surface area contributed by atoms with Crippen LogP contribution in [0.2, 0.25) is 0 Å². The van der Waals surface area contributed by atoms with Crippen molar-refractivity contribution in [2.45, 2.75) is 25.4 Å². The molecule has 2 aromatic rings. The van der Waals surface area contributed by atoms with Gasteiger partial charge < -0.3 is 9.72 Å². The average Bonchev–Trinajstić information content (AvgIpc) is 2.92. The van der Waals surface area contributed by atoms with Crippen molar-refractivity contribution in [3.63, 3.8) is 0 Å². The summed E-state index contributed by atoms with van der Waals surface area (Å²) in [5, 5.41) is 1.28. The number of amides is 1. The molecule has 4 heteroatoms. The van der Waals surface area contributed by atoms with Crippen LogP contribution in [0.15, 0.2) is 24.3 Å². The van der Waals surface area contributed by atoms with Gasteiger partial charge in [-0.2, -0.15) is 0 Å². The monoisotopic (exact) mass is 242 g/mol. The molecule has 0 spiro atoms. The fourth-order valence-electron chi connectivity index (χ4n) is 3.28. The number of fused-ring (bicyclic) bond motifs is 4. The number of hydrogen-bond donors (Lipinski definition) is 1. The van der Waals surface area contributed by atoms with Gasteiger partial charge in [0.15, 0.2) is 0 Å². The SMILES string of the molecule is CC1c2[nH]c3ccccc3c2CC2COC(=O)N21. The zero-order chi connectivity index (χ0) is 12.3. The predicted molar refractivity (Wildman–Crippen MR) is 67.4 cm³/mol. The number of cyclic esters (lactones) is 1. The average molecular weight is 242 g/mol. The lowest BCUT2D eigenvalue weighted by molar-refractivity contribution is 0.143. The molecule has 2 atom stereocenters. The second-order valence-electron chi connectivity index (χ2n) is 5.08. The van der Waals surface area contributed by atoms with Crippen LogP contribution in [0.3, 0.4) is 0 Å². The maximum absolute atomic E-state index is 11.7. The van der Waals surface area contributed by atoms with Crippen LogP contribution in [0.25, 0.3) is 10.9 Å². The molecule has 2 aliphatic heterocycles. The molecule has 1 N–H and O–H groups in total. The zero-order valence-electron chi connectivity index (χ0n) is 10.1. The Morgan fingerprint density at radius 3 is 3.11 bits per heavy atom. The normalized spacial score (nSPS) is 26.1. The number of nitrogens with zero attached hydrogens (tertiary/aromatic N) is 1. The van der Waals surface area contributed by atoms with Crippen molar-refractivity contribution in [1.29, 1.82) is 0 Å². The van der Waals surface area contributed by atoms with E-state index in [0.29, 0.717) is 6.61 Å². The molecule has 1 aromatic carbocycles. The highest BCUT2D eigenvalue weighted by Crippen LogP contribution is 2.39. The summed E-state index contributed by atoms with van der Waals surface area (Å²) in [6.45, 7) is 2.58. The van der Waals surface area contributed by atoms with Gasteiger partial charge in [0.2, 0.25) is 0 Å². The predicted octanol–water partition coefficient (Wildman–Crippen LogP) is 2.61. The molecule has 2 aliphatic rings. The number of nitrogens with one attached hydrogen (secondary N) is 1. The molecular weight excluding hydrogens is 228 g/mol. The van der Waals surface area contributed by atoms with Crippen molar-refractivity contribution >= 4 is 17.0 Å². The molecule has 3 heterocycles. The minimum absolute atomic E-state index is 0.0705. The first-order valence-corrected chi connectivity index (χ1v) is 6.30. The molecule has 1 saturated heterocycles. The molecule has 92 valence electrons. The van der Waals surface area contributed by atoms with Crippen molar-refractivity contribution in [3.05, 3.63) is 35.5 Å². The van der Waals surface area contributed by atoms with Crippen molar-refractivity contribution in [2.24, 2.45) is 0 Å². The van der Waals surface area contributed by atoms with E-state index in [1.165, 1.54) is 10.9 Å². The number of H-pyrrole nitrogens is 1. The number of carbonyl (C=O) groups excluding carboxylic acids is 1. The number of hydrogen-bond acceptors (Lipinski definition) is 2. The van der Waals surface area contributed by atoms with E-state index in [2.05, 4.69) is 30.1 Å². The second-order valence-corrected chi connectivity index (χ2v) is 5.08. The highest BCUT2D eigenvalue weighted by molar-refractivity contribution is 5.86. The molecule has 1 amide bonds. The van der Waals surface area contributed by atoms with E-state index in [1.807, 2.05) is 11.0 Å². The highest BCUT2D eigenvalue weighted by Gasteiger charge is 2.42. The largest absolute Gasteiger partial charge is 0.447 e. The van der Waals surface area contributed by atoms with E-state index in [0.717, 1.165) is 17.6 Å². The summed E-state index contributed by atoms with van der Waals surface area (Å²) in [6.07, 6.45) is 0.701. The summed E-state index contributed by atoms with van der Waals surface area (Å²) >= 11 is 0. The molecular formula is C14H14N2O2. The topological polar surface area (TPSA) is 45.3 Å². The molecule has 2 unspecified atom stereocenters. The van der Waals surface area contributed by atoms with Crippen LogP contribution in [0.5, 0.6) is 0 Å². The number of para-hydroxylation sites is 1. The number of rotatable bonds is 0. The first kappa shape index (κ1) is 10.00. The Balaban J connectivity index is 1.93. The van der Waals surface area contributed by atoms with Gasteiger partial charge >= 0.3 is 6.09 Å². The molecule has 0 bridgehead atoms. The summed E-state index contributed by atoms with van der Waals surface area (Å²) in [6, 6.07) is 8.59. The van der Waals surface area contributed by atoms with Gasteiger partial charge in [0.25, 0.3) is 0 Å². The van der Waals surface area contributed by atoms with Crippen molar-refractivity contribution in [2.75, 3.05) is 6.61 Å². The summed E-state index contributed by atoms with van der Waals surface area (Å²) in [5.41, 5.74) is 3.66. The van der Waals surface area contributed by atoms with Gasteiger partial charge in [-0.05, 0) is 25.0 Å². The van der Waals surface area contributed by atoms with Crippen LogP contribution >= 0.6 is 0 Å². The van der Waals surface area contributed by atoms with E-state index in [9.17, 15) is 4.79 Å². The summed E-state index contributed by atoms with van der Waals surface area (Å²) in [7, 11) is 0. The van der Waals surface area contributed by atoms with Crippen LogP contribution in [0.4, 0.5) is 4.79 Å². The molecule has 0 radical (unpaired) electrons. The summed E-state index contributed by atoms with van der Waals surface area (Å²) in [4.78, 5) is 17.0. The minimum Gasteiger partial charge on any atom is -0.447 e. The Morgan fingerprint density at radius 2 is 2.22 bits per heavy atom. The number of carbonyl (C=O) groups is 1. The lowest BCUT2D eigenvalue weighted by Gasteiger charge is -2.32. The molecule has 4 nitrogen and oxygen atoms in total. The third-order valence-electron chi connectivity index (χ3n) is 4.12. The second kappa shape index (κ2) is 3.28. The highest BCUT2D eigenvalue weighted by atomic mass is 16.6. The maximum atomic E-state index is 11.7. The third-order valence-corrected chi connectivity index (χ3v) is 4.12. The lowest BCUT2D eigenvalue weighted by atomic mass is 9.94. The van der Waals surface area contributed by atoms with Gasteiger partial charge in [-0.25, -0.2) is 4.79 Å². The summed E-state index contributed by atoms with van der Waals surface area (Å²) in [5.74, 6) is 0. The maximum Gasteiger partial charge on any atom is 0.410 e. The minimum atomic E-state index is -0.184. The quantitative estimate of drug-likeness (QED) is 0.771. The zero-order valence-corrected chi connectivity index (χ0v) is 10.1. The van der Waals surface area contributed by atoms with Crippen LogP contribution in [-0.4, -0.2) is 28.6 Å². The van der Waals surface area contributed by atoms with Gasteiger partial charge in [-0.15, -0.1) is 0 Å². The van der Waals surface area contributed by atoms with Crippen molar-refractivity contribution in [3.8, 4) is 0 Å². The van der Waals surface area contributed by atoms with Gasteiger partial charge in [-0.1, -0.05) is 18.2 Å². The van der Waals surface area contributed by atoms with Gasteiger partial charge in [0.05, 0.1) is 12.1 Å². The molecule has 1 fully saturated rings. The third kappa shape index (κ3) is 1.12. The van der Waals surface area contributed by atoms with Gasteiger partial charge in [0.1, 0.15) is 6.61 Å². The Bertz CT molecular complexity index is 646. The van der Waals surface area contributed by atoms with Crippen molar-refractivity contribution in [1.82, 2.24) is 9.88 Å². The van der Waals surface area contributed by atoms with Crippen LogP contribution in [0.1, 0.15) is 24.2 Å². The standard InChI is InChI=1S/C14H14N2O2/c1-8-13-11(6-9-7-18-14(17)16(8)9)10-4-2-3-5-12(10)15-13/h2-5,8-9,15H,6-7H2,1H3. The fraction of sp³-hybridized carbons (Fsp3) is 0.357. The first-order valence-electron chi connectivity index (χ1n) is 6.30. The van der Waals surface area contributed by atoms with E-state index in [-0.39, 0.29) is 18.2 Å². The van der Waals surface area contributed by atoms with Crippen LogP contribution in [-0.2, 0) is 11.2 Å². The Morgan fingerprint density at radius 1 is 1.39 bits per heavy atom. The Kier molecular flexibility index (Phi) is 1.82. The van der Waals surface area contributed by atoms with E-state index < -0.39 is 0 Å².